The minimum absolute atomic E-state index is 0.0820. The Morgan fingerprint density at radius 2 is 2.23 bits per heavy atom. The largest absolute Gasteiger partial charge is 0.392 e. The molecule has 0 saturated carbocycles. The standard InChI is InChI=1S/C9H6ClIOS/c10-7-3-1-2-5-6(4-12)9(11)13-8(5)7/h1-3,12H,4H2. The molecule has 0 aliphatic carbocycles. The maximum absolute atomic E-state index is 9.16. The molecule has 0 bridgehead atoms. The third kappa shape index (κ3) is 1.58. The van der Waals surface area contributed by atoms with E-state index in [-0.39, 0.29) is 6.61 Å². The fourth-order valence-electron chi connectivity index (χ4n) is 1.25. The number of hydrogen-bond donors (Lipinski definition) is 1. The lowest BCUT2D eigenvalue weighted by molar-refractivity contribution is 0.283. The van der Waals surface area contributed by atoms with Crippen LogP contribution in [0.5, 0.6) is 0 Å². The third-order valence-electron chi connectivity index (χ3n) is 1.88. The van der Waals surface area contributed by atoms with Gasteiger partial charge in [0.25, 0.3) is 0 Å². The second kappa shape index (κ2) is 3.73. The van der Waals surface area contributed by atoms with Crippen molar-refractivity contribution < 1.29 is 5.11 Å². The van der Waals surface area contributed by atoms with Crippen LogP contribution in [0, 0.1) is 2.88 Å². The van der Waals surface area contributed by atoms with Crippen LogP contribution in [-0.2, 0) is 6.61 Å². The summed E-state index contributed by atoms with van der Waals surface area (Å²) >= 11 is 9.88. The van der Waals surface area contributed by atoms with Gasteiger partial charge in [-0.3, -0.25) is 0 Å². The molecule has 68 valence electrons. The monoisotopic (exact) mass is 324 g/mol. The molecule has 1 N–H and O–H groups in total. The van der Waals surface area contributed by atoms with Gasteiger partial charge in [-0.05, 0) is 28.7 Å². The number of rotatable bonds is 1. The minimum Gasteiger partial charge on any atom is -0.392 e. The highest BCUT2D eigenvalue weighted by Crippen LogP contribution is 2.36. The molecule has 1 aromatic carbocycles. The van der Waals surface area contributed by atoms with Crippen LogP contribution in [0.2, 0.25) is 5.02 Å². The highest BCUT2D eigenvalue weighted by Gasteiger charge is 2.10. The van der Waals surface area contributed by atoms with E-state index in [0.29, 0.717) is 0 Å². The number of aliphatic hydroxyl groups is 1. The van der Waals surface area contributed by atoms with Gasteiger partial charge in [0, 0.05) is 10.9 Å². The molecule has 1 nitrogen and oxygen atoms in total. The Hall–Kier alpha value is 0.160. The first-order valence-electron chi connectivity index (χ1n) is 3.70. The highest BCUT2D eigenvalue weighted by atomic mass is 127. The summed E-state index contributed by atoms with van der Waals surface area (Å²) < 4.78 is 2.18. The number of aliphatic hydroxyl groups excluding tert-OH is 1. The van der Waals surface area contributed by atoms with Gasteiger partial charge in [-0.25, -0.2) is 0 Å². The average Bonchev–Trinajstić information content (AvgIpc) is 2.43. The van der Waals surface area contributed by atoms with Gasteiger partial charge in [0.1, 0.15) is 0 Å². The number of thiophene rings is 1. The summed E-state index contributed by atoms with van der Waals surface area (Å²) in [6.45, 7) is 0.0820. The molecule has 4 heteroatoms. The third-order valence-corrected chi connectivity index (χ3v) is 4.69. The predicted molar refractivity (Wildman–Crippen MR) is 65.5 cm³/mol. The summed E-state index contributed by atoms with van der Waals surface area (Å²) in [4.78, 5) is 0. The molecule has 13 heavy (non-hydrogen) atoms. The Kier molecular flexibility index (Phi) is 2.78. The summed E-state index contributed by atoms with van der Waals surface area (Å²) in [5, 5.41) is 11.0. The Morgan fingerprint density at radius 3 is 2.92 bits per heavy atom. The summed E-state index contributed by atoms with van der Waals surface area (Å²) in [5.74, 6) is 0. The van der Waals surface area contributed by atoms with E-state index in [2.05, 4.69) is 22.6 Å². The first-order valence-corrected chi connectivity index (χ1v) is 5.97. The van der Waals surface area contributed by atoms with E-state index < -0.39 is 0 Å². The van der Waals surface area contributed by atoms with E-state index in [4.69, 9.17) is 16.7 Å². The van der Waals surface area contributed by atoms with Gasteiger partial charge in [0.05, 0.1) is 19.2 Å². The molecule has 0 radical (unpaired) electrons. The molecule has 2 aromatic rings. The molecule has 0 amide bonds. The normalized spacial score (nSPS) is 11.0. The molecule has 2 rings (SSSR count). The highest BCUT2D eigenvalue weighted by molar-refractivity contribution is 14.1. The average molecular weight is 325 g/mol. The summed E-state index contributed by atoms with van der Waals surface area (Å²) in [6.07, 6.45) is 0. The molecule has 0 aliphatic rings. The first-order chi connectivity index (χ1) is 6.24. The van der Waals surface area contributed by atoms with Gasteiger partial charge in [-0.1, -0.05) is 23.7 Å². The van der Waals surface area contributed by atoms with Crippen LogP contribution in [0.1, 0.15) is 5.56 Å². The zero-order valence-electron chi connectivity index (χ0n) is 6.55. The molecule has 0 unspecified atom stereocenters. The van der Waals surface area contributed by atoms with Gasteiger partial charge in [0.15, 0.2) is 0 Å². The second-order valence-corrected chi connectivity index (χ2v) is 5.87. The van der Waals surface area contributed by atoms with Crippen molar-refractivity contribution in [1.29, 1.82) is 0 Å². The zero-order chi connectivity index (χ0) is 9.42. The van der Waals surface area contributed by atoms with Gasteiger partial charge < -0.3 is 5.11 Å². The lowest BCUT2D eigenvalue weighted by Crippen LogP contribution is -1.81. The maximum atomic E-state index is 9.16. The lowest BCUT2D eigenvalue weighted by Gasteiger charge is -1.94. The summed E-state index contributed by atoms with van der Waals surface area (Å²) in [5.41, 5.74) is 0.989. The van der Waals surface area contributed by atoms with Crippen molar-refractivity contribution >= 4 is 55.6 Å². The van der Waals surface area contributed by atoms with Crippen molar-refractivity contribution in [3.8, 4) is 0 Å². The number of hydrogen-bond acceptors (Lipinski definition) is 2. The first kappa shape index (κ1) is 9.71. The molecule has 0 atom stereocenters. The van der Waals surface area contributed by atoms with Crippen molar-refractivity contribution in [3.63, 3.8) is 0 Å². The lowest BCUT2D eigenvalue weighted by atomic mass is 10.2. The van der Waals surface area contributed by atoms with Crippen LogP contribution >= 0.6 is 45.5 Å². The Balaban J connectivity index is 2.86. The summed E-state index contributed by atoms with van der Waals surface area (Å²) in [7, 11) is 0. The van der Waals surface area contributed by atoms with Crippen molar-refractivity contribution in [2.75, 3.05) is 0 Å². The number of fused-ring (bicyclic) bond motifs is 1. The maximum Gasteiger partial charge on any atom is 0.0721 e. The van der Waals surface area contributed by atoms with Crippen LogP contribution in [0.25, 0.3) is 10.1 Å². The van der Waals surface area contributed by atoms with Crippen LogP contribution in [0.4, 0.5) is 0 Å². The molecule has 1 heterocycles. The zero-order valence-corrected chi connectivity index (χ0v) is 10.3. The van der Waals surface area contributed by atoms with Gasteiger partial charge in [0.2, 0.25) is 0 Å². The Morgan fingerprint density at radius 1 is 1.46 bits per heavy atom. The second-order valence-electron chi connectivity index (χ2n) is 2.63. The minimum atomic E-state index is 0.0820. The van der Waals surface area contributed by atoms with E-state index in [0.717, 1.165) is 23.6 Å². The van der Waals surface area contributed by atoms with Crippen LogP contribution in [0.15, 0.2) is 18.2 Å². The van der Waals surface area contributed by atoms with Crippen LogP contribution in [-0.4, -0.2) is 5.11 Å². The fourth-order valence-corrected chi connectivity index (χ4v) is 3.61. The van der Waals surface area contributed by atoms with Gasteiger partial charge in [-0.2, -0.15) is 0 Å². The van der Waals surface area contributed by atoms with Crippen molar-refractivity contribution in [2.45, 2.75) is 6.61 Å². The predicted octanol–water partition coefficient (Wildman–Crippen LogP) is 3.65. The molecule has 0 saturated heterocycles. The van der Waals surface area contributed by atoms with Crippen LogP contribution < -0.4 is 0 Å². The van der Waals surface area contributed by atoms with E-state index in [9.17, 15) is 0 Å². The van der Waals surface area contributed by atoms with Crippen molar-refractivity contribution in [3.05, 3.63) is 31.7 Å². The van der Waals surface area contributed by atoms with E-state index in [1.54, 1.807) is 11.3 Å². The van der Waals surface area contributed by atoms with Crippen molar-refractivity contribution in [1.82, 2.24) is 0 Å². The Bertz CT molecular complexity index is 452. The van der Waals surface area contributed by atoms with E-state index in [1.165, 1.54) is 0 Å². The van der Waals surface area contributed by atoms with Crippen molar-refractivity contribution in [2.24, 2.45) is 0 Å². The summed E-state index contributed by atoms with van der Waals surface area (Å²) in [6, 6.07) is 5.77. The van der Waals surface area contributed by atoms with Gasteiger partial charge in [-0.15, -0.1) is 11.3 Å². The van der Waals surface area contributed by atoms with E-state index in [1.807, 2.05) is 18.2 Å². The molecule has 0 fully saturated rings. The molecular formula is C9H6ClIOS. The quantitative estimate of drug-likeness (QED) is 0.794. The number of benzene rings is 1. The van der Waals surface area contributed by atoms with Crippen LogP contribution in [0.3, 0.4) is 0 Å². The fraction of sp³-hybridized carbons (Fsp3) is 0.111. The molecule has 0 aliphatic heterocycles. The Labute approximate surface area is 98.5 Å². The molecule has 0 spiro atoms. The SMILES string of the molecule is OCc1c(I)sc2c(Cl)cccc12. The molecule has 1 aromatic heterocycles. The van der Waals surface area contributed by atoms with E-state index >= 15 is 0 Å². The topological polar surface area (TPSA) is 20.2 Å². The van der Waals surface area contributed by atoms with Gasteiger partial charge >= 0.3 is 0 Å². The molecular weight excluding hydrogens is 319 g/mol. The number of halogens is 2. The smallest absolute Gasteiger partial charge is 0.0721 e.